The van der Waals surface area contributed by atoms with Crippen molar-refractivity contribution < 1.29 is 9.59 Å². The molecular formula is C12H19NO2. The Labute approximate surface area is 90.8 Å². The fourth-order valence-corrected chi connectivity index (χ4v) is 2.66. The van der Waals surface area contributed by atoms with E-state index in [0.29, 0.717) is 0 Å². The fourth-order valence-electron chi connectivity index (χ4n) is 2.66. The van der Waals surface area contributed by atoms with Crippen LogP contribution in [0, 0.1) is 11.8 Å². The Balaban J connectivity index is 2.31. The number of piperidine rings is 1. The first kappa shape index (κ1) is 10.7. The smallest absolute Gasteiger partial charge is 0.232 e. The maximum Gasteiger partial charge on any atom is 0.232 e. The van der Waals surface area contributed by atoms with Gasteiger partial charge in [0, 0.05) is 17.4 Å². The van der Waals surface area contributed by atoms with Crippen LogP contribution >= 0.6 is 0 Å². The van der Waals surface area contributed by atoms with E-state index >= 15 is 0 Å². The SMILES string of the molecule is CCC(C)(C)N1C(=O)C2CCC(C2)C1=O. The highest BCUT2D eigenvalue weighted by Crippen LogP contribution is 2.41. The lowest BCUT2D eigenvalue weighted by molar-refractivity contribution is -0.159. The van der Waals surface area contributed by atoms with Gasteiger partial charge < -0.3 is 0 Å². The molecule has 2 aliphatic rings. The van der Waals surface area contributed by atoms with Gasteiger partial charge >= 0.3 is 0 Å². The molecule has 2 bridgehead atoms. The van der Waals surface area contributed by atoms with Crippen LogP contribution in [0.25, 0.3) is 0 Å². The van der Waals surface area contributed by atoms with Crippen molar-refractivity contribution in [2.24, 2.45) is 11.8 Å². The molecule has 2 rings (SSSR count). The molecule has 0 N–H and O–H groups in total. The predicted octanol–water partition coefficient (Wildman–Crippen LogP) is 1.96. The molecule has 2 atom stereocenters. The molecule has 0 aromatic rings. The van der Waals surface area contributed by atoms with E-state index in [1.807, 2.05) is 20.8 Å². The quantitative estimate of drug-likeness (QED) is 0.652. The van der Waals surface area contributed by atoms with Crippen molar-refractivity contribution in [3.63, 3.8) is 0 Å². The number of nitrogens with zero attached hydrogens (tertiary/aromatic N) is 1. The summed E-state index contributed by atoms with van der Waals surface area (Å²) in [6.45, 7) is 5.98. The third kappa shape index (κ3) is 1.48. The van der Waals surface area contributed by atoms with Gasteiger partial charge in [0.2, 0.25) is 11.8 Å². The monoisotopic (exact) mass is 209 g/mol. The summed E-state index contributed by atoms with van der Waals surface area (Å²) in [7, 11) is 0. The van der Waals surface area contributed by atoms with Gasteiger partial charge in [0.05, 0.1) is 0 Å². The minimum absolute atomic E-state index is 0.0700. The fraction of sp³-hybridized carbons (Fsp3) is 0.833. The van der Waals surface area contributed by atoms with E-state index in [2.05, 4.69) is 0 Å². The molecule has 0 aromatic heterocycles. The Morgan fingerprint density at radius 1 is 1.20 bits per heavy atom. The van der Waals surface area contributed by atoms with E-state index in [-0.39, 0.29) is 29.2 Å². The molecule has 1 heterocycles. The molecule has 2 amide bonds. The third-order valence-corrected chi connectivity index (χ3v) is 4.04. The van der Waals surface area contributed by atoms with E-state index in [0.717, 1.165) is 25.7 Å². The first-order chi connectivity index (χ1) is 6.97. The van der Waals surface area contributed by atoms with Crippen LogP contribution in [0.5, 0.6) is 0 Å². The number of rotatable bonds is 2. The Hall–Kier alpha value is -0.860. The van der Waals surface area contributed by atoms with E-state index in [4.69, 9.17) is 0 Å². The average Bonchev–Trinajstić information content (AvgIpc) is 2.61. The van der Waals surface area contributed by atoms with Gasteiger partial charge in [-0.1, -0.05) is 6.92 Å². The van der Waals surface area contributed by atoms with Gasteiger partial charge in [-0.25, -0.2) is 0 Å². The molecular weight excluding hydrogens is 190 g/mol. The molecule has 1 aliphatic carbocycles. The zero-order valence-corrected chi connectivity index (χ0v) is 9.75. The zero-order valence-electron chi connectivity index (χ0n) is 9.75. The standard InChI is InChI=1S/C12H19NO2/c1-4-12(2,3)13-10(14)8-5-6-9(7-8)11(13)15/h8-9H,4-7H2,1-3H3. The highest BCUT2D eigenvalue weighted by atomic mass is 16.2. The Morgan fingerprint density at radius 3 is 2.07 bits per heavy atom. The molecule has 3 nitrogen and oxygen atoms in total. The molecule has 0 spiro atoms. The molecule has 0 aromatic carbocycles. The number of fused-ring (bicyclic) bond motifs is 2. The minimum Gasteiger partial charge on any atom is -0.277 e. The zero-order chi connectivity index (χ0) is 11.2. The van der Waals surface area contributed by atoms with Crippen LogP contribution in [0.4, 0.5) is 0 Å². The molecule has 2 fully saturated rings. The van der Waals surface area contributed by atoms with Crippen LogP contribution in [0.2, 0.25) is 0 Å². The van der Waals surface area contributed by atoms with Crippen LogP contribution < -0.4 is 0 Å². The number of amides is 2. The Bertz CT molecular complexity index is 287. The molecule has 3 heteroatoms. The van der Waals surface area contributed by atoms with Crippen molar-refractivity contribution in [2.45, 2.75) is 52.0 Å². The van der Waals surface area contributed by atoms with Gasteiger partial charge in [-0.2, -0.15) is 0 Å². The maximum absolute atomic E-state index is 12.1. The molecule has 84 valence electrons. The number of carbonyl (C=O) groups is 2. The molecule has 1 saturated heterocycles. The van der Waals surface area contributed by atoms with Gasteiger partial charge in [-0.15, -0.1) is 0 Å². The lowest BCUT2D eigenvalue weighted by Crippen LogP contribution is -2.56. The van der Waals surface area contributed by atoms with Crippen molar-refractivity contribution in [3.8, 4) is 0 Å². The van der Waals surface area contributed by atoms with Crippen molar-refractivity contribution in [1.29, 1.82) is 0 Å². The summed E-state index contributed by atoms with van der Waals surface area (Å²) < 4.78 is 0. The summed E-state index contributed by atoms with van der Waals surface area (Å²) in [5, 5.41) is 0. The topological polar surface area (TPSA) is 37.4 Å². The second kappa shape index (κ2) is 3.32. The molecule has 2 unspecified atom stereocenters. The van der Waals surface area contributed by atoms with Crippen molar-refractivity contribution in [3.05, 3.63) is 0 Å². The van der Waals surface area contributed by atoms with Crippen molar-refractivity contribution in [2.75, 3.05) is 0 Å². The summed E-state index contributed by atoms with van der Waals surface area (Å²) in [5.74, 6) is 0.387. The van der Waals surface area contributed by atoms with Gasteiger partial charge in [0.1, 0.15) is 0 Å². The first-order valence-electron chi connectivity index (χ1n) is 5.85. The van der Waals surface area contributed by atoms with Gasteiger partial charge in [0.15, 0.2) is 0 Å². The Morgan fingerprint density at radius 2 is 1.67 bits per heavy atom. The lowest BCUT2D eigenvalue weighted by Gasteiger charge is -2.41. The van der Waals surface area contributed by atoms with Crippen LogP contribution in [-0.4, -0.2) is 22.3 Å². The maximum atomic E-state index is 12.1. The Kier molecular flexibility index (Phi) is 2.36. The van der Waals surface area contributed by atoms with Gasteiger partial charge in [0.25, 0.3) is 0 Å². The number of carbonyl (C=O) groups excluding carboxylic acids is 2. The van der Waals surface area contributed by atoms with E-state index in [9.17, 15) is 9.59 Å². The number of hydrogen-bond donors (Lipinski definition) is 0. The summed E-state index contributed by atoms with van der Waals surface area (Å²) in [6, 6.07) is 0. The van der Waals surface area contributed by atoms with Gasteiger partial charge in [-0.05, 0) is 39.5 Å². The molecule has 1 aliphatic heterocycles. The minimum atomic E-state index is -0.310. The highest BCUT2D eigenvalue weighted by molar-refractivity contribution is 6.01. The van der Waals surface area contributed by atoms with Crippen molar-refractivity contribution >= 4 is 11.8 Å². The van der Waals surface area contributed by atoms with Crippen LogP contribution in [0.15, 0.2) is 0 Å². The summed E-state index contributed by atoms with van der Waals surface area (Å²) in [4.78, 5) is 25.7. The van der Waals surface area contributed by atoms with E-state index in [1.165, 1.54) is 0 Å². The number of hydrogen-bond acceptors (Lipinski definition) is 2. The van der Waals surface area contributed by atoms with Crippen molar-refractivity contribution in [1.82, 2.24) is 4.90 Å². The normalized spacial score (nSPS) is 31.3. The number of likely N-dealkylation sites (tertiary alicyclic amines) is 1. The van der Waals surface area contributed by atoms with Gasteiger partial charge in [-0.3, -0.25) is 14.5 Å². The predicted molar refractivity (Wildman–Crippen MR) is 57.1 cm³/mol. The molecule has 0 radical (unpaired) electrons. The molecule has 15 heavy (non-hydrogen) atoms. The lowest BCUT2D eigenvalue weighted by atomic mass is 9.90. The summed E-state index contributed by atoms with van der Waals surface area (Å²) in [5.41, 5.74) is -0.310. The summed E-state index contributed by atoms with van der Waals surface area (Å²) >= 11 is 0. The average molecular weight is 209 g/mol. The van der Waals surface area contributed by atoms with Crippen LogP contribution in [-0.2, 0) is 9.59 Å². The largest absolute Gasteiger partial charge is 0.277 e. The second-order valence-electron chi connectivity index (χ2n) is 5.38. The van der Waals surface area contributed by atoms with E-state index in [1.54, 1.807) is 4.90 Å². The van der Waals surface area contributed by atoms with E-state index < -0.39 is 0 Å². The molecule has 1 saturated carbocycles. The van der Waals surface area contributed by atoms with Crippen LogP contribution in [0.1, 0.15) is 46.5 Å². The second-order valence-corrected chi connectivity index (χ2v) is 5.38. The third-order valence-electron chi connectivity index (χ3n) is 4.04. The van der Waals surface area contributed by atoms with Crippen LogP contribution in [0.3, 0.4) is 0 Å². The first-order valence-corrected chi connectivity index (χ1v) is 5.85. The summed E-state index contributed by atoms with van der Waals surface area (Å²) in [6.07, 6.45) is 3.44. The highest BCUT2D eigenvalue weighted by Gasteiger charge is 2.49. The number of imide groups is 1.